The maximum Gasteiger partial charge on any atom is 0.221 e. The molecule has 0 saturated carbocycles. The van der Waals surface area contributed by atoms with Crippen LogP contribution in [0.15, 0.2) is 42.7 Å². The second-order valence-corrected chi connectivity index (χ2v) is 5.54. The minimum Gasteiger partial charge on any atom is -0.481 e. The van der Waals surface area contributed by atoms with Gasteiger partial charge in [-0.25, -0.2) is 9.97 Å². The lowest BCUT2D eigenvalue weighted by Gasteiger charge is -2.15. The summed E-state index contributed by atoms with van der Waals surface area (Å²) in [5, 5.41) is 2.92. The highest BCUT2D eigenvalue weighted by Gasteiger charge is 2.28. The molecule has 6 heteroatoms. The molecule has 0 unspecified atom stereocenters. The number of hydrogen-bond donors (Lipinski definition) is 1. The van der Waals surface area contributed by atoms with E-state index in [-0.39, 0.29) is 11.8 Å². The molecule has 4 heterocycles. The van der Waals surface area contributed by atoms with Crippen LogP contribution in [0.4, 0.5) is 0 Å². The second kappa shape index (κ2) is 5.39. The molecule has 0 fully saturated rings. The van der Waals surface area contributed by atoms with E-state index in [1.807, 2.05) is 36.5 Å². The van der Waals surface area contributed by atoms with Crippen molar-refractivity contribution >= 4 is 11.6 Å². The summed E-state index contributed by atoms with van der Waals surface area (Å²) in [7, 11) is 1.59. The molecule has 3 aromatic rings. The van der Waals surface area contributed by atoms with Crippen molar-refractivity contribution in [2.45, 2.75) is 18.9 Å². The summed E-state index contributed by atoms with van der Waals surface area (Å²) < 4.78 is 7.18. The fourth-order valence-corrected chi connectivity index (χ4v) is 3.09. The summed E-state index contributed by atoms with van der Waals surface area (Å²) in [6.07, 6.45) is 4.14. The van der Waals surface area contributed by atoms with Crippen LogP contribution in [-0.4, -0.2) is 27.4 Å². The maximum atomic E-state index is 12.1. The summed E-state index contributed by atoms with van der Waals surface area (Å²) >= 11 is 0. The quantitative estimate of drug-likeness (QED) is 0.785. The van der Waals surface area contributed by atoms with E-state index >= 15 is 0 Å². The maximum absolute atomic E-state index is 12.1. The molecule has 6 nitrogen and oxygen atoms in total. The number of imidazole rings is 1. The van der Waals surface area contributed by atoms with Crippen molar-refractivity contribution < 1.29 is 9.53 Å². The first-order chi connectivity index (χ1) is 11.3. The molecule has 0 aliphatic carbocycles. The molecule has 0 radical (unpaired) electrons. The molecule has 1 N–H and O–H groups in total. The van der Waals surface area contributed by atoms with Crippen molar-refractivity contribution in [2.75, 3.05) is 7.11 Å². The van der Waals surface area contributed by atoms with Crippen molar-refractivity contribution in [3.05, 3.63) is 59.7 Å². The monoisotopic (exact) mass is 308 g/mol. The number of ether oxygens (including phenoxy) is 1. The summed E-state index contributed by atoms with van der Waals surface area (Å²) in [5.41, 5.74) is 3.82. The van der Waals surface area contributed by atoms with Gasteiger partial charge in [0.25, 0.3) is 0 Å². The zero-order valence-electron chi connectivity index (χ0n) is 12.7. The average Bonchev–Trinajstić information content (AvgIpc) is 2.88. The lowest BCUT2D eigenvalue weighted by atomic mass is 9.93. The van der Waals surface area contributed by atoms with E-state index in [1.165, 1.54) is 0 Å². The molecule has 0 bridgehead atoms. The number of hydrogen-bond acceptors (Lipinski definition) is 4. The van der Waals surface area contributed by atoms with Crippen LogP contribution in [0.5, 0.6) is 5.88 Å². The predicted octanol–water partition coefficient (Wildman–Crippen LogP) is 1.89. The molecule has 4 rings (SSSR count). The average molecular weight is 308 g/mol. The van der Waals surface area contributed by atoms with Gasteiger partial charge in [-0.15, -0.1) is 0 Å². The van der Waals surface area contributed by atoms with Gasteiger partial charge in [0, 0.05) is 30.8 Å². The number of amides is 1. The number of nitrogens with zero attached hydrogens (tertiary/aromatic N) is 3. The SMILES string of the molecule is COc1ccc([C@@H]2CC(=O)NCc3nc4ccccn4c32)cn1. The number of pyridine rings is 2. The van der Waals surface area contributed by atoms with E-state index in [0.29, 0.717) is 18.8 Å². The zero-order chi connectivity index (χ0) is 15.8. The number of carbonyl (C=O) groups excluding carboxylic acids is 1. The number of carbonyl (C=O) groups is 1. The van der Waals surface area contributed by atoms with E-state index in [0.717, 1.165) is 22.6 Å². The molecule has 0 saturated heterocycles. The smallest absolute Gasteiger partial charge is 0.221 e. The standard InChI is InChI=1S/C17H16N4O2/c1-23-16-6-5-11(9-19-16)12-8-15(22)18-10-13-17(12)21-7-3-2-4-14(21)20-13/h2-7,9,12H,8,10H2,1H3,(H,18,22)/t12-/m0/s1. The minimum atomic E-state index is -0.0803. The number of nitrogens with one attached hydrogen (secondary N) is 1. The molecule has 1 amide bonds. The van der Waals surface area contributed by atoms with Gasteiger partial charge in [-0.3, -0.25) is 4.79 Å². The molecule has 0 aromatic carbocycles. The minimum absolute atomic E-state index is 0.0218. The fraction of sp³-hybridized carbons (Fsp3) is 0.235. The molecular weight excluding hydrogens is 292 g/mol. The Labute approximate surface area is 133 Å². The third-order valence-corrected chi connectivity index (χ3v) is 4.19. The molecule has 3 aromatic heterocycles. The second-order valence-electron chi connectivity index (χ2n) is 5.54. The van der Waals surface area contributed by atoms with Gasteiger partial charge in [-0.2, -0.15) is 0 Å². The van der Waals surface area contributed by atoms with Crippen LogP contribution in [0.1, 0.15) is 29.3 Å². The van der Waals surface area contributed by atoms with Crippen LogP contribution in [-0.2, 0) is 11.3 Å². The summed E-state index contributed by atoms with van der Waals surface area (Å²) in [4.78, 5) is 21.0. The van der Waals surface area contributed by atoms with Crippen LogP contribution in [0.2, 0.25) is 0 Å². The molecule has 1 aliphatic rings. The zero-order valence-corrected chi connectivity index (χ0v) is 12.7. The number of methoxy groups -OCH3 is 1. The van der Waals surface area contributed by atoms with Gasteiger partial charge in [0.1, 0.15) is 5.65 Å². The number of rotatable bonds is 2. The van der Waals surface area contributed by atoms with Gasteiger partial charge in [-0.05, 0) is 17.7 Å². The first-order valence-corrected chi connectivity index (χ1v) is 7.49. The largest absolute Gasteiger partial charge is 0.481 e. The van der Waals surface area contributed by atoms with Crippen LogP contribution in [0.3, 0.4) is 0 Å². The lowest BCUT2D eigenvalue weighted by molar-refractivity contribution is -0.121. The highest BCUT2D eigenvalue weighted by atomic mass is 16.5. The first-order valence-electron chi connectivity index (χ1n) is 7.49. The topological polar surface area (TPSA) is 68.5 Å². The highest BCUT2D eigenvalue weighted by molar-refractivity contribution is 5.78. The molecule has 0 spiro atoms. The Hall–Kier alpha value is -2.89. The third-order valence-electron chi connectivity index (χ3n) is 4.19. The van der Waals surface area contributed by atoms with Gasteiger partial charge >= 0.3 is 0 Å². The van der Waals surface area contributed by atoms with E-state index in [9.17, 15) is 4.79 Å². The van der Waals surface area contributed by atoms with Gasteiger partial charge in [0.2, 0.25) is 11.8 Å². The summed E-state index contributed by atoms with van der Waals surface area (Å²) in [6.45, 7) is 0.454. The Morgan fingerprint density at radius 2 is 2.22 bits per heavy atom. The summed E-state index contributed by atoms with van der Waals surface area (Å²) in [5.74, 6) is 0.502. The lowest BCUT2D eigenvalue weighted by Crippen LogP contribution is -2.21. The van der Waals surface area contributed by atoms with Crippen LogP contribution >= 0.6 is 0 Å². The van der Waals surface area contributed by atoms with E-state index in [4.69, 9.17) is 4.74 Å². The normalized spacial score (nSPS) is 17.4. The van der Waals surface area contributed by atoms with Gasteiger partial charge in [0.15, 0.2) is 0 Å². The first kappa shape index (κ1) is 13.8. The van der Waals surface area contributed by atoms with E-state index in [2.05, 4.69) is 19.7 Å². The van der Waals surface area contributed by atoms with Crippen LogP contribution in [0, 0.1) is 0 Å². The van der Waals surface area contributed by atoms with Crippen molar-refractivity contribution in [1.82, 2.24) is 19.7 Å². The van der Waals surface area contributed by atoms with Crippen molar-refractivity contribution in [3.63, 3.8) is 0 Å². The van der Waals surface area contributed by atoms with Gasteiger partial charge in [0.05, 0.1) is 25.0 Å². The molecular formula is C17H16N4O2. The Morgan fingerprint density at radius 3 is 3.00 bits per heavy atom. The van der Waals surface area contributed by atoms with Crippen LogP contribution in [0.25, 0.3) is 5.65 Å². The number of fused-ring (bicyclic) bond motifs is 3. The Morgan fingerprint density at radius 1 is 1.30 bits per heavy atom. The van der Waals surface area contributed by atoms with E-state index in [1.54, 1.807) is 13.3 Å². The summed E-state index contributed by atoms with van der Waals surface area (Å²) in [6, 6.07) is 9.69. The Bertz CT molecular complexity index is 870. The third kappa shape index (κ3) is 2.32. The fourth-order valence-electron chi connectivity index (χ4n) is 3.09. The van der Waals surface area contributed by atoms with Gasteiger partial charge in [-0.1, -0.05) is 12.1 Å². The van der Waals surface area contributed by atoms with Gasteiger partial charge < -0.3 is 14.5 Å². The Balaban J connectivity index is 1.89. The predicted molar refractivity (Wildman–Crippen MR) is 84.3 cm³/mol. The molecule has 23 heavy (non-hydrogen) atoms. The highest BCUT2D eigenvalue weighted by Crippen LogP contribution is 2.33. The van der Waals surface area contributed by atoms with Crippen molar-refractivity contribution in [1.29, 1.82) is 0 Å². The molecule has 1 aliphatic heterocycles. The van der Waals surface area contributed by atoms with E-state index < -0.39 is 0 Å². The molecule has 116 valence electrons. The molecule has 1 atom stereocenters. The van der Waals surface area contributed by atoms with Crippen molar-refractivity contribution in [2.24, 2.45) is 0 Å². The Kier molecular flexibility index (Phi) is 3.22. The van der Waals surface area contributed by atoms with Crippen molar-refractivity contribution in [3.8, 4) is 5.88 Å². The van der Waals surface area contributed by atoms with Crippen LogP contribution < -0.4 is 10.1 Å². The number of aromatic nitrogens is 3.